The second kappa shape index (κ2) is 5.85. The summed E-state index contributed by atoms with van der Waals surface area (Å²) in [5, 5.41) is 6.19. The summed E-state index contributed by atoms with van der Waals surface area (Å²) in [5.74, 6) is -0.435. The molecule has 3 rings (SSSR count). The molecule has 0 aliphatic carbocycles. The van der Waals surface area contributed by atoms with Crippen molar-refractivity contribution >= 4 is 33.8 Å². The van der Waals surface area contributed by atoms with E-state index in [1.807, 2.05) is 41.8 Å². The first-order chi connectivity index (χ1) is 10.3. The van der Waals surface area contributed by atoms with Crippen LogP contribution >= 0.6 is 11.3 Å². The summed E-state index contributed by atoms with van der Waals surface area (Å²) in [6, 6.07) is 12.9. The number of ketones is 1. The molecule has 3 aromatic rings. The largest absolute Gasteiger partial charge is 0.343 e. The lowest BCUT2D eigenvalue weighted by Crippen LogP contribution is -2.30. The van der Waals surface area contributed by atoms with Gasteiger partial charge in [-0.25, -0.2) is 0 Å². The first-order valence-corrected chi connectivity index (χ1v) is 7.32. The number of rotatable bonds is 4. The van der Waals surface area contributed by atoms with Crippen molar-refractivity contribution < 1.29 is 9.59 Å². The van der Waals surface area contributed by atoms with E-state index in [1.165, 1.54) is 11.3 Å². The summed E-state index contributed by atoms with van der Waals surface area (Å²) in [7, 11) is 0. The lowest BCUT2D eigenvalue weighted by Gasteiger charge is -2.06. The van der Waals surface area contributed by atoms with Gasteiger partial charge in [-0.1, -0.05) is 30.3 Å². The molecule has 1 N–H and O–H groups in total. The van der Waals surface area contributed by atoms with Crippen molar-refractivity contribution in [1.82, 2.24) is 10.3 Å². The van der Waals surface area contributed by atoms with Gasteiger partial charge in [0.2, 0.25) is 0 Å². The number of amides is 1. The monoisotopic (exact) mass is 296 g/mol. The van der Waals surface area contributed by atoms with Crippen LogP contribution in [-0.4, -0.2) is 23.2 Å². The number of hydrogen-bond donors (Lipinski definition) is 1. The lowest BCUT2D eigenvalue weighted by molar-refractivity contribution is 0.0903. The zero-order valence-electron chi connectivity index (χ0n) is 11.1. The van der Waals surface area contributed by atoms with Gasteiger partial charge in [-0.15, -0.1) is 11.3 Å². The Bertz CT molecular complexity index is 792. The second-order valence-corrected chi connectivity index (χ2v) is 5.41. The second-order valence-electron chi connectivity index (χ2n) is 4.46. The fraction of sp³-hybridized carbons (Fsp3) is 0.0625. The van der Waals surface area contributed by atoms with E-state index >= 15 is 0 Å². The zero-order valence-corrected chi connectivity index (χ0v) is 11.9. The fourth-order valence-corrected chi connectivity index (χ4v) is 2.73. The summed E-state index contributed by atoms with van der Waals surface area (Å²) >= 11 is 1.36. The SMILES string of the molecule is O=C(CNC(=O)c1nccc2ccccc12)c1cccs1. The van der Waals surface area contributed by atoms with Gasteiger partial charge in [0.05, 0.1) is 11.4 Å². The smallest absolute Gasteiger partial charge is 0.270 e. The van der Waals surface area contributed by atoms with Crippen molar-refractivity contribution in [1.29, 1.82) is 0 Å². The minimum absolute atomic E-state index is 0.0236. The molecule has 0 radical (unpaired) electrons. The molecule has 0 aliphatic rings. The van der Waals surface area contributed by atoms with Gasteiger partial charge in [0.15, 0.2) is 5.78 Å². The van der Waals surface area contributed by atoms with Gasteiger partial charge in [-0.2, -0.15) is 0 Å². The Labute approximate surface area is 125 Å². The van der Waals surface area contributed by atoms with E-state index in [0.717, 1.165) is 10.8 Å². The van der Waals surface area contributed by atoms with Gasteiger partial charge in [0.25, 0.3) is 5.91 Å². The topological polar surface area (TPSA) is 59.1 Å². The lowest BCUT2D eigenvalue weighted by atomic mass is 10.1. The third-order valence-electron chi connectivity index (χ3n) is 3.09. The van der Waals surface area contributed by atoms with E-state index in [4.69, 9.17) is 0 Å². The molecule has 0 saturated heterocycles. The van der Waals surface area contributed by atoms with Crippen LogP contribution in [0.3, 0.4) is 0 Å². The van der Waals surface area contributed by atoms with Crippen molar-refractivity contribution in [3.63, 3.8) is 0 Å². The number of carbonyl (C=O) groups excluding carboxylic acids is 2. The molecule has 21 heavy (non-hydrogen) atoms. The highest BCUT2D eigenvalue weighted by Gasteiger charge is 2.13. The molecule has 5 heteroatoms. The molecule has 0 aliphatic heterocycles. The van der Waals surface area contributed by atoms with E-state index < -0.39 is 0 Å². The number of Topliss-reactive ketones (excluding diaryl/α,β-unsaturated/α-hetero) is 1. The molecule has 2 aromatic heterocycles. The highest BCUT2D eigenvalue weighted by atomic mass is 32.1. The number of nitrogens with one attached hydrogen (secondary N) is 1. The van der Waals surface area contributed by atoms with Crippen LogP contribution in [0.1, 0.15) is 20.2 Å². The summed E-state index contributed by atoms with van der Waals surface area (Å²) in [5.41, 5.74) is 0.340. The fourth-order valence-electron chi connectivity index (χ4n) is 2.07. The average molecular weight is 296 g/mol. The van der Waals surface area contributed by atoms with Crippen molar-refractivity contribution in [3.05, 3.63) is 64.6 Å². The van der Waals surface area contributed by atoms with Gasteiger partial charge in [-0.05, 0) is 22.9 Å². The summed E-state index contributed by atoms with van der Waals surface area (Å²) in [6.07, 6.45) is 1.60. The van der Waals surface area contributed by atoms with Crippen LogP contribution in [0.25, 0.3) is 10.8 Å². The maximum Gasteiger partial charge on any atom is 0.270 e. The molecule has 4 nitrogen and oxygen atoms in total. The Morgan fingerprint density at radius 1 is 1.10 bits per heavy atom. The molecule has 0 spiro atoms. The third kappa shape index (κ3) is 2.83. The number of thiophene rings is 1. The Morgan fingerprint density at radius 3 is 2.76 bits per heavy atom. The van der Waals surface area contributed by atoms with Crippen LogP contribution in [0.2, 0.25) is 0 Å². The molecule has 0 fully saturated rings. The van der Waals surface area contributed by atoms with E-state index in [9.17, 15) is 9.59 Å². The summed E-state index contributed by atoms with van der Waals surface area (Å²) in [6.45, 7) is -0.0236. The first-order valence-electron chi connectivity index (χ1n) is 6.44. The number of carbonyl (C=O) groups is 2. The Balaban J connectivity index is 1.77. The first kappa shape index (κ1) is 13.5. The quantitative estimate of drug-likeness (QED) is 0.753. The number of aromatic nitrogens is 1. The minimum atomic E-state index is -0.336. The van der Waals surface area contributed by atoms with Crippen molar-refractivity contribution in [2.24, 2.45) is 0 Å². The number of fused-ring (bicyclic) bond motifs is 1. The van der Waals surface area contributed by atoms with E-state index in [1.54, 1.807) is 12.3 Å². The normalized spacial score (nSPS) is 10.5. The zero-order chi connectivity index (χ0) is 14.7. The molecule has 1 aromatic carbocycles. The van der Waals surface area contributed by atoms with Crippen LogP contribution in [0, 0.1) is 0 Å². The van der Waals surface area contributed by atoms with Crippen LogP contribution in [0.5, 0.6) is 0 Å². The van der Waals surface area contributed by atoms with Crippen LogP contribution in [0.15, 0.2) is 54.0 Å². The maximum absolute atomic E-state index is 12.2. The van der Waals surface area contributed by atoms with Gasteiger partial charge in [0.1, 0.15) is 5.69 Å². The Morgan fingerprint density at radius 2 is 1.95 bits per heavy atom. The molecule has 0 bridgehead atoms. The third-order valence-corrected chi connectivity index (χ3v) is 4.01. The average Bonchev–Trinajstić information content (AvgIpc) is 3.06. The predicted molar refractivity (Wildman–Crippen MR) is 82.7 cm³/mol. The van der Waals surface area contributed by atoms with Crippen molar-refractivity contribution in [3.8, 4) is 0 Å². The van der Waals surface area contributed by atoms with Crippen molar-refractivity contribution in [2.75, 3.05) is 6.54 Å². The van der Waals surface area contributed by atoms with E-state index in [2.05, 4.69) is 10.3 Å². The molecule has 0 atom stereocenters. The van der Waals surface area contributed by atoms with E-state index in [0.29, 0.717) is 10.6 Å². The number of pyridine rings is 1. The molecule has 2 heterocycles. The molecular formula is C16H12N2O2S. The van der Waals surface area contributed by atoms with E-state index in [-0.39, 0.29) is 18.2 Å². The van der Waals surface area contributed by atoms with Gasteiger partial charge in [0, 0.05) is 11.6 Å². The molecule has 0 saturated carbocycles. The molecule has 0 unspecified atom stereocenters. The molecule has 1 amide bonds. The minimum Gasteiger partial charge on any atom is -0.343 e. The maximum atomic E-state index is 12.2. The number of hydrogen-bond acceptors (Lipinski definition) is 4. The van der Waals surface area contributed by atoms with Gasteiger partial charge < -0.3 is 5.32 Å². The van der Waals surface area contributed by atoms with Crippen molar-refractivity contribution in [2.45, 2.75) is 0 Å². The van der Waals surface area contributed by atoms with Crippen LogP contribution < -0.4 is 5.32 Å². The Hall–Kier alpha value is -2.53. The standard InChI is InChI=1S/C16H12N2O2S/c19-13(14-6-3-9-21-14)10-18-16(20)15-12-5-2-1-4-11(12)7-8-17-15/h1-9H,10H2,(H,18,20). The number of benzene rings is 1. The highest BCUT2D eigenvalue weighted by Crippen LogP contribution is 2.16. The van der Waals surface area contributed by atoms with Crippen LogP contribution in [0.4, 0.5) is 0 Å². The highest BCUT2D eigenvalue weighted by molar-refractivity contribution is 7.12. The summed E-state index contributed by atoms with van der Waals surface area (Å²) < 4.78 is 0. The molecule has 104 valence electrons. The van der Waals surface area contributed by atoms with Gasteiger partial charge >= 0.3 is 0 Å². The van der Waals surface area contributed by atoms with Crippen LogP contribution in [-0.2, 0) is 0 Å². The predicted octanol–water partition coefficient (Wildman–Crippen LogP) is 2.91. The van der Waals surface area contributed by atoms with Gasteiger partial charge in [-0.3, -0.25) is 14.6 Å². The summed E-state index contributed by atoms with van der Waals surface area (Å²) in [4.78, 5) is 28.9. The molecular weight excluding hydrogens is 284 g/mol. The number of nitrogens with zero attached hydrogens (tertiary/aromatic N) is 1. The Kier molecular flexibility index (Phi) is 3.75.